The Bertz CT molecular complexity index is 658. The van der Waals surface area contributed by atoms with Crippen LogP contribution in [0.25, 0.3) is 0 Å². The number of rotatable bonds is 4. The molecule has 1 atom stereocenters. The van der Waals surface area contributed by atoms with Gasteiger partial charge in [0.15, 0.2) is 0 Å². The third-order valence-electron chi connectivity index (χ3n) is 3.33. The summed E-state index contributed by atoms with van der Waals surface area (Å²) >= 11 is 21.9. The highest BCUT2D eigenvalue weighted by atomic mass is 79.9. The van der Waals surface area contributed by atoms with Gasteiger partial charge in [0.1, 0.15) is 0 Å². The summed E-state index contributed by atoms with van der Waals surface area (Å²) < 4.78 is 0.989. The van der Waals surface area contributed by atoms with E-state index in [9.17, 15) is 0 Å². The van der Waals surface area contributed by atoms with Crippen LogP contribution < -0.4 is 5.32 Å². The molecule has 112 valence electrons. The van der Waals surface area contributed by atoms with Gasteiger partial charge in [-0.2, -0.15) is 0 Å². The van der Waals surface area contributed by atoms with E-state index in [2.05, 4.69) is 28.2 Å². The first-order chi connectivity index (χ1) is 9.92. The Balaban J connectivity index is 2.31. The molecule has 21 heavy (non-hydrogen) atoms. The van der Waals surface area contributed by atoms with Crippen molar-refractivity contribution in [1.82, 2.24) is 0 Å². The lowest BCUT2D eigenvalue weighted by molar-refractivity contribution is 0.749. The van der Waals surface area contributed by atoms with Crippen LogP contribution in [0.5, 0.6) is 0 Å². The summed E-state index contributed by atoms with van der Waals surface area (Å²) in [6.45, 7) is 4.09. The van der Waals surface area contributed by atoms with Crippen LogP contribution in [0, 0.1) is 6.92 Å². The van der Waals surface area contributed by atoms with Gasteiger partial charge >= 0.3 is 0 Å². The van der Waals surface area contributed by atoms with Crippen molar-refractivity contribution in [2.45, 2.75) is 26.3 Å². The molecular formula is C16H15BrCl3N. The average molecular weight is 408 g/mol. The number of halogens is 4. The zero-order chi connectivity index (χ0) is 15.6. The first kappa shape index (κ1) is 17.0. The van der Waals surface area contributed by atoms with Gasteiger partial charge in [-0.25, -0.2) is 0 Å². The quantitative estimate of drug-likeness (QED) is 0.561. The fourth-order valence-electron chi connectivity index (χ4n) is 2.09. The van der Waals surface area contributed by atoms with Gasteiger partial charge in [0, 0.05) is 9.50 Å². The van der Waals surface area contributed by atoms with Gasteiger partial charge in [0.2, 0.25) is 0 Å². The van der Waals surface area contributed by atoms with E-state index in [1.54, 1.807) is 0 Å². The van der Waals surface area contributed by atoms with Crippen molar-refractivity contribution in [3.63, 3.8) is 0 Å². The van der Waals surface area contributed by atoms with Crippen LogP contribution in [0.2, 0.25) is 15.1 Å². The molecule has 1 unspecified atom stereocenters. The van der Waals surface area contributed by atoms with E-state index in [-0.39, 0.29) is 6.04 Å². The molecule has 1 N–H and O–H groups in total. The van der Waals surface area contributed by atoms with E-state index in [1.165, 1.54) is 0 Å². The number of anilines is 1. The van der Waals surface area contributed by atoms with E-state index in [0.29, 0.717) is 10.0 Å². The Kier molecular flexibility index (Phi) is 5.84. The molecule has 2 aromatic rings. The van der Waals surface area contributed by atoms with E-state index < -0.39 is 0 Å². The summed E-state index contributed by atoms with van der Waals surface area (Å²) in [5, 5.41) is 5.37. The van der Waals surface area contributed by atoms with Crippen molar-refractivity contribution in [1.29, 1.82) is 0 Å². The number of hydrogen-bond donors (Lipinski definition) is 1. The van der Waals surface area contributed by atoms with Crippen LogP contribution in [0.15, 0.2) is 34.8 Å². The number of aryl methyl sites for hydroxylation is 1. The minimum Gasteiger partial charge on any atom is -0.377 e. The van der Waals surface area contributed by atoms with Gasteiger partial charge in [-0.3, -0.25) is 0 Å². The van der Waals surface area contributed by atoms with Gasteiger partial charge in [0.05, 0.1) is 21.8 Å². The lowest BCUT2D eigenvalue weighted by Gasteiger charge is -2.21. The average Bonchev–Trinajstić information content (AvgIpc) is 2.44. The van der Waals surface area contributed by atoms with Gasteiger partial charge < -0.3 is 5.32 Å². The normalized spacial score (nSPS) is 12.3. The lowest BCUT2D eigenvalue weighted by atomic mass is 10.0. The summed E-state index contributed by atoms with van der Waals surface area (Å²) in [6.07, 6.45) is 0.913. The molecule has 0 amide bonds. The predicted octanol–water partition coefficient (Wildman–Crippen LogP) is 7.28. The minimum atomic E-state index is 0.134. The van der Waals surface area contributed by atoms with E-state index in [1.807, 2.05) is 37.3 Å². The number of benzene rings is 2. The fourth-order valence-corrected chi connectivity index (χ4v) is 3.14. The predicted molar refractivity (Wildman–Crippen MR) is 97.0 cm³/mol. The molecule has 5 heteroatoms. The molecule has 0 aromatic heterocycles. The molecule has 2 aromatic carbocycles. The van der Waals surface area contributed by atoms with E-state index in [4.69, 9.17) is 34.8 Å². The van der Waals surface area contributed by atoms with Crippen LogP contribution in [0.3, 0.4) is 0 Å². The smallest absolute Gasteiger partial charge is 0.0595 e. The summed E-state index contributed by atoms with van der Waals surface area (Å²) in [7, 11) is 0. The molecular weight excluding hydrogens is 392 g/mol. The fraction of sp³-hybridized carbons (Fsp3) is 0.250. The van der Waals surface area contributed by atoms with Crippen molar-refractivity contribution in [3.05, 3.63) is 61.0 Å². The van der Waals surface area contributed by atoms with Crippen molar-refractivity contribution >= 4 is 56.4 Å². The highest BCUT2D eigenvalue weighted by Crippen LogP contribution is 2.34. The molecule has 0 radical (unpaired) electrons. The maximum absolute atomic E-state index is 6.21. The van der Waals surface area contributed by atoms with Crippen molar-refractivity contribution in [3.8, 4) is 0 Å². The zero-order valence-corrected chi connectivity index (χ0v) is 15.5. The van der Waals surface area contributed by atoms with E-state index in [0.717, 1.165) is 32.7 Å². The molecule has 0 heterocycles. The molecule has 0 spiro atoms. The summed E-state index contributed by atoms with van der Waals surface area (Å²) in [6, 6.07) is 9.77. The Morgan fingerprint density at radius 1 is 1.05 bits per heavy atom. The SMILES string of the molecule is CCC(Nc1cc(Cl)c(C)cc1Br)c1ccc(Cl)c(Cl)c1. The second-order valence-corrected chi connectivity index (χ2v) is 6.94. The largest absolute Gasteiger partial charge is 0.377 e. The van der Waals surface area contributed by atoms with Crippen LogP contribution >= 0.6 is 50.7 Å². The highest BCUT2D eigenvalue weighted by Gasteiger charge is 2.13. The monoisotopic (exact) mass is 405 g/mol. The molecule has 0 aliphatic carbocycles. The van der Waals surface area contributed by atoms with Gasteiger partial charge in [-0.05, 0) is 64.7 Å². The van der Waals surface area contributed by atoms with Gasteiger partial charge in [-0.1, -0.05) is 47.8 Å². The van der Waals surface area contributed by atoms with Crippen LogP contribution in [0.1, 0.15) is 30.5 Å². The molecule has 0 saturated heterocycles. The summed E-state index contributed by atoms with van der Waals surface area (Å²) in [5.41, 5.74) is 3.09. The molecule has 0 saturated carbocycles. The van der Waals surface area contributed by atoms with Crippen molar-refractivity contribution < 1.29 is 0 Å². The first-order valence-corrected chi connectivity index (χ1v) is 8.52. The van der Waals surface area contributed by atoms with Crippen LogP contribution in [-0.4, -0.2) is 0 Å². The standard InChI is InChI=1S/C16H15BrCl3N/c1-3-15(10-4-5-12(18)14(20)7-10)21-16-8-13(19)9(2)6-11(16)17/h4-8,15,21H,3H2,1-2H3. The second kappa shape index (κ2) is 7.23. The third-order valence-corrected chi connectivity index (χ3v) is 5.13. The zero-order valence-electron chi connectivity index (χ0n) is 11.7. The molecule has 2 rings (SSSR count). The maximum Gasteiger partial charge on any atom is 0.0595 e. The Hall–Kier alpha value is -0.410. The summed E-state index contributed by atoms with van der Waals surface area (Å²) in [4.78, 5) is 0. The molecule has 0 bridgehead atoms. The van der Waals surface area contributed by atoms with Crippen molar-refractivity contribution in [2.24, 2.45) is 0 Å². The molecule has 0 aliphatic rings. The Morgan fingerprint density at radius 3 is 2.38 bits per heavy atom. The van der Waals surface area contributed by atoms with Crippen LogP contribution in [-0.2, 0) is 0 Å². The summed E-state index contributed by atoms with van der Waals surface area (Å²) in [5.74, 6) is 0. The maximum atomic E-state index is 6.21. The first-order valence-electron chi connectivity index (χ1n) is 6.59. The molecule has 0 fully saturated rings. The minimum absolute atomic E-state index is 0.134. The third kappa shape index (κ3) is 4.07. The second-order valence-electron chi connectivity index (χ2n) is 4.86. The van der Waals surface area contributed by atoms with Gasteiger partial charge in [0.25, 0.3) is 0 Å². The highest BCUT2D eigenvalue weighted by molar-refractivity contribution is 9.10. The number of hydrogen-bond acceptors (Lipinski definition) is 1. The Labute approximate surface area is 148 Å². The molecule has 1 nitrogen and oxygen atoms in total. The topological polar surface area (TPSA) is 12.0 Å². The van der Waals surface area contributed by atoms with Crippen molar-refractivity contribution in [2.75, 3.05) is 5.32 Å². The lowest BCUT2D eigenvalue weighted by Crippen LogP contribution is -2.10. The van der Waals surface area contributed by atoms with Crippen LogP contribution in [0.4, 0.5) is 5.69 Å². The van der Waals surface area contributed by atoms with Gasteiger partial charge in [-0.15, -0.1) is 0 Å². The van der Waals surface area contributed by atoms with E-state index >= 15 is 0 Å². The number of nitrogens with one attached hydrogen (secondary N) is 1. The Morgan fingerprint density at radius 2 is 1.76 bits per heavy atom. The molecule has 0 aliphatic heterocycles.